The zero-order valence-corrected chi connectivity index (χ0v) is 11.2. The molecule has 2 amide bonds. The van der Waals surface area contributed by atoms with Crippen molar-refractivity contribution >= 4 is 11.8 Å². The summed E-state index contributed by atoms with van der Waals surface area (Å²) < 4.78 is 0.834. The van der Waals surface area contributed by atoms with Crippen molar-refractivity contribution in [3.8, 4) is 0 Å². The second-order valence-electron chi connectivity index (χ2n) is 5.13. The van der Waals surface area contributed by atoms with Gasteiger partial charge in [-0.3, -0.25) is 9.59 Å². The summed E-state index contributed by atoms with van der Waals surface area (Å²) in [6.07, 6.45) is 0.676. The molecule has 18 heavy (non-hydrogen) atoms. The van der Waals surface area contributed by atoms with Crippen molar-refractivity contribution in [1.29, 1.82) is 0 Å². The molecule has 1 aliphatic rings. The van der Waals surface area contributed by atoms with Crippen LogP contribution in [0.5, 0.6) is 0 Å². The van der Waals surface area contributed by atoms with Crippen molar-refractivity contribution in [3.63, 3.8) is 0 Å². The third-order valence-corrected chi connectivity index (χ3v) is 3.34. The fourth-order valence-corrected chi connectivity index (χ4v) is 2.47. The molecule has 0 unspecified atom stereocenters. The first-order valence-electron chi connectivity index (χ1n) is 6.45. The summed E-state index contributed by atoms with van der Waals surface area (Å²) in [7, 11) is 0. The van der Waals surface area contributed by atoms with Crippen LogP contribution in [0.4, 0.5) is 0 Å². The number of quaternary nitrogens is 1. The molecule has 1 aliphatic heterocycles. The lowest BCUT2D eigenvalue weighted by Gasteiger charge is -2.48. The Morgan fingerprint density at radius 2 is 1.67 bits per heavy atom. The number of aliphatic hydroxyl groups excluding tert-OH is 1. The van der Waals surface area contributed by atoms with Crippen molar-refractivity contribution in [2.24, 2.45) is 0 Å². The second kappa shape index (κ2) is 6.70. The molecule has 1 rings (SSSR count). The maximum Gasteiger partial charge on any atom is 0.217 e. The predicted molar refractivity (Wildman–Crippen MR) is 67.7 cm³/mol. The molecule has 0 aliphatic carbocycles. The van der Waals surface area contributed by atoms with E-state index < -0.39 is 0 Å². The Morgan fingerprint density at radius 1 is 1.11 bits per heavy atom. The van der Waals surface area contributed by atoms with Gasteiger partial charge >= 0.3 is 0 Å². The van der Waals surface area contributed by atoms with Crippen LogP contribution >= 0.6 is 0 Å². The number of likely N-dealkylation sites (tertiary alicyclic amines) is 1. The molecular weight excluding hydrogens is 234 g/mol. The minimum atomic E-state index is -0.219. The first kappa shape index (κ1) is 14.9. The molecular formula is C12H24N3O3+. The Balaban J connectivity index is 2.25. The highest BCUT2D eigenvalue weighted by Crippen LogP contribution is 2.20. The zero-order valence-electron chi connectivity index (χ0n) is 11.2. The van der Waals surface area contributed by atoms with Gasteiger partial charge in [-0.15, -0.1) is 0 Å². The maximum atomic E-state index is 10.8. The molecule has 0 aromatic heterocycles. The number of nitrogens with zero attached hydrogens (tertiary/aromatic N) is 1. The molecule has 0 aromatic carbocycles. The van der Waals surface area contributed by atoms with E-state index in [0.29, 0.717) is 13.1 Å². The lowest BCUT2D eigenvalue weighted by molar-refractivity contribution is -0.971. The van der Waals surface area contributed by atoms with Gasteiger partial charge in [-0.1, -0.05) is 0 Å². The third kappa shape index (κ3) is 5.01. The molecule has 1 saturated heterocycles. The maximum absolute atomic E-state index is 10.8. The van der Waals surface area contributed by atoms with Crippen LogP contribution in [0.15, 0.2) is 0 Å². The van der Waals surface area contributed by atoms with E-state index in [1.54, 1.807) is 0 Å². The van der Waals surface area contributed by atoms with Crippen LogP contribution in [0.25, 0.3) is 0 Å². The summed E-state index contributed by atoms with van der Waals surface area (Å²) in [5.74, 6) is -0.0316. The molecule has 104 valence electrons. The van der Waals surface area contributed by atoms with Gasteiger partial charge in [0.15, 0.2) is 6.10 Å². The van der Waals surface area contributed by atoms with Gasteiger partial charge in [-0.25, -0.2) is 0 Å². The van der Waals surface area contributed by atoms with Gasteiger partial charge in [0.05, 0.1) is 19.6 Å². The van der Waals surface area contributed by atoms with Crippen LogP contribution in [-0.2, 0) is 9.59 Å². The molecule has 0 saturated carbocycles. The SMILES string of the molecule is CC(=O)NCCC[N+]1(CCNC(C)=O)CC(O)C1. The summed E-state index contributed by atoms with van der Waals surface area (Å²) in [5, 5.41) is 15.0. The summed E-state index contributed by atoms with van der Waals surface area (Å²) in [4.78, 5) is 21.6. The fourth-order valence-electron chi connectivity index (χ4n) is 2.47. The average Bonchev–Trinajstić information content (AvgIpc) is 2.21. The highest BCUT2D eigenvalue weighted by Gasteiger charge is 2.41. The van der Waals surface area contributed by atoms with Crippen molar-refractivity contribution in [2.75, 3.05) is 39.3 Å². The Morgan fingerprint density at radius 3 is 2.17 bits per heavy atom. The van der Waals surface area contributed by atoms with E-state index in [-0.39, 0.29) is 17.9 Å². The van der Waals surface area contributed by atoms with Crippen LogP contribution in [0.3, 0.4) is 0 Å². The molecule has 0 spiro atoms. The van der Waals surface area contributed by atoms with Crippen molar-refractivity contribution in [1.82, 2.24) is 10.6 Å². The molecule has 1 heterocycles. The van der Waals surface area contributed by atoms with E-state index in [2.05, 4.69) is 10.6 Å². The molecule has 6 heteroatoms. The first-order chi connectivity index (χ1) is 8.43. The fraction of sp³-hybridized carbons (Fsp3) is 0.833. The van der Waals surface area contributed by atoms with Crippen molar-refractivity contribution in [2.45, 2.75) is 26.4 Å². The molecule has 6 nitrogen and oxygen atoms in total. The van der Waals surface area contributed by atoms with Crippen LogP contribution in [0.2, 0.25) is 0 Å². The number of nitrogens with one attached hydrogen (secondary N) is 2. The minimum Gasteiger partial charge on any atom is -0.382 e. The van der Waals surface area contributed by atoms with Crippen LogP contribution in [0.1, 0.15) is 20.3 Å². The molecule has 1 fully saturated rings. The lowest BCUT2D eigenvalue weighted by Crippen LogP contribution is -2.68. The van der Waals surface area contributed by atoms with Gasteiger partial charge in [0.25, 0.3) is 0 Å². The summed E-state index contributed by atoms with van der Waals surface area (Å²) in [6, 6.07) is 0. The van der Waals surface area contributed by atoms with Gasteiger partial charge in [-0.05, 0) is 0 Å². The monoisotopic (exact) mass is 258 g/mol. The van der Waals surface area contributed by atoms with E-state index in [1.165, 1.54) is 13.8 Å². The number of hydrogen-bond donors (Lipinski definition) is 3. The standard InChI is InChI=1S/C12H23N3O3/c1-10(16)13-4-3-6-15(8-12(18)9-15)7-5-14-11(2)17/h12,18H,3-9H2,1-2H3,(H-,13,14,16,17)/p+1. The molecule has 0 radical (unpaired) electrons. The number of amides is 2. The second-order valence-corrected chi connectivity index (χ2v) is 5.13. The average molecular weight is 258 g/mol. The van der Waals surface area contributed by atoms with E-state index in [4.69, 9.17) is 0 Å². The van der Waals surface area contributed by atoms with E-state index in [1.807, 2.05) is 0 Å². The van der Waals surface area contributed by atoms with Crippen molar-refractivity contribution < 1.29 is 19.2 Å². The summed E-state index contributed by atoms with van der Waals surface area (Å²) in [6.45, 7) is 7.60. The zero-order chi connectivity index (χ0) is 13.6. The highest BCUT2D eigenvalue weighted by molar-refractivity contribution is 5.73. The summed E-state index contributed by atoms with van der Waals surface area (Å²) in [5.41, 5.74) is 0. The highest BCUT2D eigenvalue weighted by atomic mass is 16.3. The lowest BCUT2D eigenvalue weighted by atomic mass is 10.1. The van der Waals surface area contributed by atoms with Gasteiger partial charge < -0.3 is 20.2 Å². The third-order valence-electron chi connectivity index (χ3n) is 3.34. The van der Waals surface area contributed by atoms with Gasteiger partial charge in [0.1, 0.15) is 13.1 Å². The first-order valence-corrected chi connectivity index (χ1v) is 6.45. The predicted octanol–water partition coefficient (Wildman–Crippen LogP) is -1.16. The number of carbonyl (C=O) groups is 2. The number of hydrogen-bond acceptors (Lipinski definition) is 3. The largest absolute Gasteiger partial charge is 0.382 e. The minimum absolute atomic E-state index is 0.0107. The Hall–Kier alpha value is -1.14. The number of carbonyl (C=O) groups excluding carboxylic acids is 2. The Kier molecular flexibility index (Phi) is 5.55. The topological polar surface area (TPSA) is 78.4 Å². The van der Waals surface area contributed by atoms with Crippen LogP contribution in [-0.4, -0.2) is 66.8 Å². The molecule has 0 bridgehead atoms. The smallest absolute Gasteiger partial charge is 0.217 e. The van der Waals surface area contributed by atoms with Gasteiger partial charge in [-0.2, -0.15) is 0 Å². The molecule has 0 aromatic rings. The Labute approximate surface area is 108 Å². The van der Waals surface area contributed by atoms with E-state index in [9.17, 15) is 14.7 Å². The molecule has 3 N–H and O–H groups in total. The van der Waals surface area contributed by atoms with Crippen LogP contribution in [0, 0.1) is 0 Å². The van der Waals surface area contributed by atoms with E-state index in [0.717, 1.165) is 37.1 Å². The van der Waals surface area contributed by atoms with Crippen molar-refractivity contribution in [3.05, 3.63) is 0 Å². The summed E-state index contributed by atoms with van der Waals surface area (Å²) >= 11 is 0. The number of rotatable bonds is 7. The normalized spacial score (nSPS) is 26.3. The molecule has 0 atom stereocenters. The number of aliphatic hydroxyl groups is 1. The van der Waals surface area contributed by atoms with Crippen LogP contribution < -0.4 is 10.6 Å². The quantitative estimate of drug-likeness (QED) is 0.398. The van der Waals surface area contributed by atoms with Gasteiger partial charge in [0, 0.05) is 26.8 Å². The van der Waals surface area contributed by atoms with Gasteiger partial charge in [0.2, 0.25) is 11.8 Å². The Bertz CT molecular complexity index is 301. The van der Waals surface area contributed by atoms with E-state index >= 15 is 0 Å².